The van der Waals surface area contributed by atoms with Crippen LogP contribution in [0.15, 0.2) is 30.9 Å². The smallest absolute Gasteiger partial charge is 0.154 e. The van der Waals surface area contributed by atoms with Gasteiger partial charge in [-0.3, -0.25) is 0 Å². The molecule has 4 rings (SSSR count). The minimum absolute atomic E-state index is 0.483. The summed E-state index contributed by atoms with van der Waals surface area (Å²) >= 11 is 0. The Morgan fingerprint density at radius 1 is 1.04 bits per heavy atom. The number of aryl methyl sites for hydroxylation is 2. The number of anilines is 2. The zero-order valence-electron chi connectivity index (χ0n) is 14.9. The third-order valence-electron chi connectivity index (χ3n) is 4.95. The van der Waals surface area contributed by atoms with Crippen molar-refractivity contribution >= 4 is 17.2 Å². The first-order valence-corrected chi connectivity index (χ1v) is 8.69. The number of fused-ring (bicyclic) bond motifs is 1. The lowest BCUT2D eigenvalue weighted by molar-refractivity contribution is 0.478. The third-order valence-corrected chi connectivity index (χ3v) is 4.95. The Balaban J connectivity index is 1.49. The van der Waals surface area contributed by atoms with Gasteiger partial charge in [0.1, 0.15) is 17.7 Å². The maximum atomic E-state index is 4.61. The van der Waals surface area contributed by atoms with Crippen LogP contribution in [-0.4, -0.2) is 50.7 Å². The normalized spacial score (nSPS) is 15.7. The van der Waals surface area contributed by atoms with E-state index in [1.54, 1.807) is 6.33 Å². The summed E-state index contributed by atoms with van der Waals surface area (Å²) in [5, 5.41) is 4.49. The van der Waals surface area contributed by atoms with Crippen molar-refractivity contribution < 1.29 is 0 Å². The lowest BCUT2D eigenvalue weighted by Gasteiger charge is -2.37. The van der Waals surface area contributed by atoms with Crippen molar-refractivity contribution in [2.24, 2.45) is 0 Å². The molecule has 1 saturated heterocycles. The summed E-state index contributed by atoms with van der Waals surface area (Å²) < 4.78 is 1.92. The quantitative estimate of drug-likeness (QED) is 0.730. The Morgan fingerprint density at radius 2 is 1.84 bits per heavy atom. The van der Waals surface area contributed by atoms with Crippen molar-refractivity contribution in [2.45, 2.75) is 32.7 Å². The maximum absolute atomic E-state index is 4.61. The molecule has 1 fully saturated rings. The van der Waals surface area contributed by atoms with Gasteiger partial charge in [0.2, 0.25) is 0 Å². The van der Waals surface area contributed by atoms with Crippen molar-refractivity contribution in [1.82, 2.24) is 24.6 Å². The van der Waals surface area contributed by atoms with Crippen molar-refractivity contribution in [2.75, 3.05) is 29.9 Å². The number of rotatable bonds is 3. The van der Waals surface area contributed by atoms with Crippen LogP contribution in [0.4, 0.5) is 11.6 Å². The van der Waals surface area contributed by atoms with Gasteiger partial charge in [0.15, 0.2) is 5.82 Å². The molecule has 0 aliphatic carbocycles. The van der Waals surface area contributed by atoms with Crippen LogP contribution in [0.25, 0.3) is 5.52 Å². The van der Waals surface area contributed by atoms with Gasteiger partial charge in [-0.1, -0.05) is 0 Å². The zero-order chi connectivity index (χ0) is 17.4. The molecule has 0 bridgehead atoms. The van der Waals surface area contributed by atoms with Gasteiger partial charge in [-0.05, 0) is 32.8 Å². The third kappa shape index (κ3) is 3.01. The number of piperidine rings is 1. The summed E-state index contributed by atoms with van der Waals surface area (Å²) in [4.78, 5) is 17.9. The molecule has 0 N–H and O–H groups in total. The molecule has 7 heteroatoms. The fourth-order valence-electron chi connectivity index (χ4n) is 3.56. The molecule has 1 aliphatic heterocycles. The van der Waals surface area contributed by atoms with Gasteiger partial charge in [0.05, 0.1) is 5.69 Å². The van der Waals surface area contributed by atoms with Crippen molar-refractivity contribution in [3.05, 3.63) is 42.2 Å². The molecular formula is C18H23N7. The van der Waals surface area contributed by atoms with E-state index in [0.717, 1.165) is 54.5 Å². The highest BCUT2D eigenvalue weighted by atomic mass is 15.3. The predicted octanol–water partition coefficient (Wildman–Crippen LogP) is 2.24. The van der Waals surface area contributed by atoms with Crippen LogP contribution in [0.3, 0.4) is 0 Å². The molecule has 3 aromatic rings. The lowest BCUT2D eigenvalue weighted by atomic mass is 10.0. The van der Waals surface area contributed by atoms with Gasteiger partial charge >= 0.3 is 0 Å². The van der Waals surface area contributed by atoms with E-state index >= 15 is 0 Å². The van der Waals surface area contributed by atoms with Crippen molar-refractivity contribution in [3.63, 3.8) is 0 Å². The molecule has 130 valence electrons. The number of hydrogen-bond donors (Lipinski definition) is 0. The van der Waals surface area contributed by atoms with Crippen molar-refractivity contribution in [1.29, 1.82) is 0 Å². The number of hydrogen-bond acceptors (Lipinski definition) is 6. The van der Waals surface area contributed by atoms with Crippen LogP contribution in [0.1, 0.15) is 24.2 Å². The van der Waals surface area contributed by atoms with E-state index in [1.165, 1.54) is 0 Å². The number of nitrogens with zero attached hydrogens (tertiary/aromatic N) is 7. The summed E-state index contributed by atoms with van der Waals surface area (Å²) in [6, 6.07) is 4.63. The largest absolute Gasteiger partial charge is 0.356 e. The predicted molar refractivity (Wildman–Crippen MR) is 98.1 cm³/mol. The minimum Gasteiger partial charge on any atom is -0.356 e. The Hall–Kier alpha value is -2.70. The van der Waals surface area contributed by atoms with E-state index in [9.17, 15) is 0 Å². The van der Waals surface area contributed by atoms with E-state index in [1.807, 2.05) is 36.8 Å². The molecule has 0 aromatic carbocycles. The molecule has 4 heterocycles. The molecule has 3 aromatic heterocycles. The molecule has 1 aliphatic rings. The summed E-state index contributed by atoms with van der Waals surface area (Å²) in [5.41, 5.74) is 3.10. The molecule has 25 heavy (non-hydrogen) atoms. The molecule has 0 saturated carbocycles. The lowest BCUT2D eigenvalue weighted by Crippen LogP contribution is -2.44. The second-order valence-electron chi connectivity index (χ2n) is 6.71. The van der Waals surface area contributed by atoms with Gasteiger partial charge in [0, 0.05) is 50.3 Å². The molecule has 0 unspecified atom stereocenters. The van der Waals surface area contributed by atoms with Crippen LogP contribution < -0.4 is 9.80 Å². The van der Waals surface area contributed by atoms with Gasteiger partial charge < -0.3 is 9.80 Å². The average molecular weight is 337 g/mol. The van der Waals surface area contributed by atoms with Gasteiger partial charge in [-0.25, -0.2) is 19.5 Å². The average Bonchev–Trinajstić information content (AvgIpc) is 3.01. The van der Waals surface area contributed by atoms with Gasteiger partial charge in [-0.2, -0.15) is 5.10 Å². The summed E-state index contributed by atoms with van der Waals surface area (Å²) in [6.45, 7) is 5.98. The summed E-state index contributed by atoms with van der Waals surface area (Å²) in [5.74, 6) is 2.03. The van der Waals surface area contributed by atoms with Crippen molar-refractivity contribution in [3.8, 4) is 0 Å². The Labute approximate surface area is 147 Å². The van der Waals surface area contributed by atoms with Crippen LogP contribution in [0.2, 0.25) is 0 Å². The summed E-state index contributed by atoms with van der Waals surface area (Å²) in [6.07, 6.45) is 7.54. The van der Waals surface area contributed by atoms with Crippen LogP contribution >= 0.6 is 0 Å². The first-order chi connectivity index (χ1) is 12.1. The molecular weight excluding hydrogens is 314 g/mol. The van der Waals surface area contributed by atoms with E-state index in [0.29, 0.717) is 6.04 Å². The second-order valence-corrected chi connectivity index (χ2v) is 6.71. The van der Waals surface area contributed by atoms with E-state index in [4.69, 9.17) is 0 Å². The number of aromatic nitrogens is 5. The topological polar surface area (TPSA) is 62.5 Å². The standard InChI is InChI=1S/C18H23N7/c1-13-11-17(21-12-20-13)23(3)15-4-7-24(8-5-15)18-16-10-14(2)22-25(16)9-6-19-18/h6,9-12,15H,4-5,7-8H2,1-3H3. The molecule has 0 amide bonds. The Bertz CT molecular complexity index is 880. The Morgan fingerprint density at radius 3 is 2.60 bits per heavy atom. The fraction of sp³-hybridized carbons (Fsp3) is 0.444. The molecule has 7 nitrogen and oxygen atoms in total. The monoisotopic (exact) mass is 337 g/mol. The first kappa shape index (κ1) is 15.8. The van der Waals surface area contributed by atoms with Gasteiger partial charge in [-0.15, -0.1) is 0 Å². The zero-order valence-corrected chi connectivity index (χ0v) is 14.9. The Kier molecular flexibility index (Phi) is 3.99. The molecule has 0 atom stereocenters. The fourth-order valence-corrected chi connectivity index (χ4v) is 3.56. The highest BCUT2D eigenvalue weighted by Gasteiger charge is 2.25. The minimum atomic E-state index is 0.483. The van der Waals surface area contributed by atoms with E-state index in [-0.39, 0.29) is 0 Å². The van der Waals surface area contributed by atoms with E-state index in [2.05, 4.69) is 43.0 Å². The molecule has 0 radical (unpaired) electrons. The first-order valence-electron chi connectivity index (χ1n) is 8.69. The highest BCUT2D eigenvalue weighted by Crippen LogP contribution is 2.26. The summed E-state index contributed by atoms with van der Waals surface area (Å²) in [7, 11) is 2.13. The SMILES string of the molecule is Cc1cc(N(C)C2CCN(c3nccn4nc(C)cc34)CC2)ncn1. The van der Waals surface area contributed by atoms with Crippen LogP contribution in [0, 0.1) is 13.8 Å². The van der Waals surface area contributed by atoms with Crippen LogP contribution in [0.5, 0.6) is 0 Å². The second kappa shape index (κ2) is 6.31. The maximum Gasteiger partial charge on any atom is 0.154 e. The van der Waals surface area contributed by atoms with Gasteiger partial charge in [0.25, 0.3) is 0 Å². The van der Waals surface area contributed by atoms with E-state index < -0.39 is 0 Å². The van der Waals surface area contributed by atoms with Crippen LogP contribution in [-0.2, 0) is 0 Å². The highest BCUT2D eigenvalue weighted by molar-refractivity contribution is 5.69. The molecule has 0 spiro atoms.